The Balaban J connectivity index is 2.51. The van der Waals surface area contributed by atoms with Gasteiger partial charge in [0.1, 0.15) is 0 Å². The molecule has 0 saturated carbocycles. The van der Waals surface area contributed by atoms with Crippen LogP contribution in [0, 0.1) is 6.92 Å². The number of hydrazine groups is 1. The SMILES string of the molecule is COCCOCC(Cc1c(Cl)c(C)nn1C)NN. The summed E-state index contributed by atoms with van der Waals surface area (Å²) in [6.45, 7) is 3.50. The van der Waals surface area contributed by atoms with Gasteiger partial charge in [0.25, 0.3) is 0 Å². The van der Waals surface area contributed by atoms with E-state index in [4.69, 9.17) is 26.9 Å². The molecule has 0 bridgehead atoms. The van der Waals surface area contributed by atoms with E-state index in [9.17, 15) is 0 Å². The summed E-state index contributed by atoms with van der Waals surface area (Å²) in [4.78, 5) is 0. The molecule has 1 atom stereocenters. The molecule has 0 saturated heterocycles. The van der Waals surface area contributed by atoms with Gasteiger partial charge in [0, 0.05) is 26.6 Å². The summed E-state index contributed by atoms with van der Waals surface area (Å²) in [5, 5.41) is 4.95. The molecule has 1 heterocycles. The van der Waals surface area contributed by atoms with E-state index in [2.05, 4.69) is 10.5 Å². The fourth-order valence-electron chi connectivity index (χ4n) is 1.67. The van der Waals surface area contributed by atoms with Gasteiger partial charge in [-0.2, -0.15) is 5.10 Å². The van der Waals surface area contributed by atoms with Crippen molar-refractivity contribution in [1.82, 2.24) is 15.2 Å². The molecule has 0 radical (unpaired) electrons. The lowest BCUT2D eigenvalue weighted by molar-refractivity contribution is 0.0585. The molecule has 0 aromatic carbocycles. The zero-order chi connectivity index (χ0) is 13.5. The van der Waals surface area contributed by atoms with E-state index in [1.54, 1.807) is 11.8 Å². The number of aromatic nitrogens is 2. The van der Waals surface area contributed by atoms with Crippen molar-refractivity contribution in [2.75, 3.05) is 26.9 Å². The van der Waals surface area contributed by atoms with Gasteiger partial charge >= 0.3 is 0 Å². The Kier molecular flexibility index (Phi) is 6.59. The first kappa shape index (κ1) is 15.4. The molecule has 3 N–H and O–H groups in total. The van der Waals surface area contributed by atoms with Gasteiger partial charge in [-0.05, 0) is 6.92 Å². The highest BCUT2D eigenvalue weighted by molar-refractivity contribution is 6.31. The van der Waals surface area contributed by atoms with Crippen LogP contribution in [-0.2, 0) is 22.9 Å². The monoisotopic (exact) mass is 276 g/mol. The van der Waals surface area contributed by atoms with E-state index in [1.807, 2.05) is 14.0 Å². The van der Waals surface area contributed by atoms with E-state index in [1.165, 1.54) is 0 Å². The average Bonchev–Trinajstić information content (AvgIpc) is 2.59. The van der Waals surface area contributed by atoms with Crippen LogP contribution < -0.4 is 11.3 Å². The van der Waals surface area contributed by atoms with Gasteiger partial charge in [-0.15, -0.1) is 0 Å². The highest BCUT2D eigenvalue weighted by atomic mass is 35.5. The smallest absolute Gasteiger partial charge is 0.0847 e. The number of ether oxygens (including phenoxy) is 2. The third kappa shape index (κ3) is 4.22. The first-order chi connectivity index (χ1) is 8.60. The largest absolute Gasteiger partial charge is 0.382 e. The van der Waals surface area contributed by atoms with Crippen LogP contribution in [-0.4, -0.2) is 42.8 Å². The van der Waals surface area contributed by atoms with Crippen molar-refractivity contribution in [2.45, 2.75) is 19.4 Å². The molecule has 0 aliphatic rings. The summed E-state index contributed by atoms with van der Waals surface area (Å²) in [5.41, 5.74) is 4.50. The lowest BCUT2D eigenvalue weighted by atomic mass is 10.1. The van der Waals surface area contributed by atoms with E-state index in [0.29, 0.717) is 31.3 Å². The number of methoxy groups -OCH3 is 1. The van der Waals surface area contributed by atoms with Crippen molar-refractivity contribution in [3.63, 3.8) is 0 Å². The van der Waals surface area contributed by atoms with Crippen molar-refractivity contribution in [2.24, 2.45) is 12.9 Å². The number of rotatable bonds is 8. The van der Waals surface area contributed by atoms with Gasteiger partial charge in [-0.3, -0.25) is 16.0 Å². The molecule has 18 heavy (non-hydrogen) atoms. The molecule has 0 aliphatic carbocycles. The first-order valence-electron chi connectivity index (χ1n) is 5.81. The minimum Gasteiger partial charge on any atom is -0.382 e. The third-order valence-electron chi connectivity index (χ3n) is 2.69. The predicted octanol–water partition coefficient (Wildman–Crippen LogP) is 0.419. The van der Waals surface area contributed by atoms with Crippen LogP contribution in [0.3, 0.4) is 0 Å². The lowest BCUT2D eigenvalue weighted by Gasteiger charge is -2.16. The van der Waals surface area contributed by atoms with Crippen molar-refractivity contribution in [1.29, 1.82) is 0 Å². The molecule has 0 amide bonds. The van der Waals surface area contributed by atoms with E-state index >= 15 is 0 Å². The minimum absolute atomic E-state index is 0.00541. The quantitative estimate of drug-likeness (QED) is 0.409. The first-order valence-corrected chi connectivity index (χ1v) is 6.18. The zero-order valence-corrected chi connectivity index (χ0v) is 11.8. The number of nitrogens with zero attached hydrogens (tertiary/aromatic N) is 2. The molecule has 0 fully saturated rings. The number of nitrogens with one attached hydrogen (secondary N) is 1. The van der Waals surface area contributed by atoms with Crippen LogP contribution in [0.25, 0.3) is 0 Å². The Labute approximate surface area is 112 Å². The molecule has 1 rings (SSSR count). The molecule has 1 aromatic heterocycles. The zero-order valence-electron chi connectivity index (χ0n) is 11.1. The Bertz CT molecular complexity index is 370. The van der Waals surface area contributed by atoms with Crippen molar-refractivity contribution >= 4 is 11.6 Å². The van der Waals surface area contributed by atoms with Crippen LogP contribution in [0.15, 0.2) is 0 Å². The molecule has 104 valence electrons. The van der Waals surface area contributed by atoms with Crippen LogP contribution in [0.1, 0.15) is 11.4 Å². The van der Waals surface area contributed by atoms with Gasteiger partial charge in [0.2, 0.25) is 0 Å². The van der Waals surface area contributed by atoms with Gasteiger partial charge in [0.05, 0.1) is 36.2 Å². The molecule has 0 spiro atoms. The maximum Gasteiger partial charge on any atom is 0.0847 e. The molecule has 6 nitrogen and oxygen atoms in total. The number of hydrogen-bond acceptors (Lipinski definition) is 5. The molecule has 1 unspecified atom stereocenters. The van der Waals surface area contributed by atoms with Crippen LogP contribution in [0.5, 0.6) is 0 Å². The Morgan fingerprint density at radius 1 is 1.50 bits per heavy atom. The summed E-state index contributed by atoms with van der Waals surface area (Å²) in [5.74, 6) is 5.51. The summed E-state index contributed by atoms with van der Waals surface area (Å²) >= 11 is 6.19. The topological polar surface area (TPSA) is 74.3 Å². The van der Waals surface area contributed by atoms with Crippen molar-refractivity contribution in [3.8, 4) is 0 Å². The van der Waals surface area contributed by atoms with Gasteiger partial charge in [0.15, 0.2) is 0 Å². The predicted molar refractivity (Wildman–Crippen MR) is 70.5 cm³/mol. The maximum atomic E-state index is 6.19. The lowest BCUT2D eigenvalue weighted by Crippen LogP contribution is -2.41. The molecular weight excluding hydrogens is 256 g/mol. The number of halogens is 1. The van der Waals surface area contributed by atoms with Crippen molar-refractivity contribution in [3.05, 3.63) is 16.4 Å². The summed E-state index contributed by atoms with van der Waals surface area (Å²) < 4.78 is 12.1. The molecule has 0 aliphatic heterocycles. The summed E-state index contributed by atoms with van der Waals surface area (Å²) in [6, 6.07) is -0.00541. The molecule has 7 heteroatoms. The van der Waals surface area contributed by atoms with Crippen LogP contribution in [0.2, 0.25) is 5.02 Å². The highest BCUT2D eigenvalue weighted by Crippen LogP contribution is 2.20. The van der Waals surface area contributed by atoms with Crippen molar-refractivity contribution < 1.29 is 9.47 Å². The normalized spacial score (nSPS) is 12.9. The molecular formula is C11H21ClN4O2. The molecule has 1 aromatic rings. The second-order valence-corrected chi connectivity index (χ2v) is 4.48. The number of aryl methyl sites for hydroxylation is 2. The second-order valence-electron chi connectivity index (χ2n) is 4.11. The van der Waals surface area contributed by atoms with Crippen LogP contribution in [0.4, 0.5) is 0 Å². The fraction of sp³-hybridized carbons (Fsp3) is 0.727. The standard InChI is InChI=1S/C11H21ClN4O2/c1-8-11(12)10(16(2)15-8)6-9(14-13)7-18-5-4-17-3/h9,14H,4-7,13H2,1-3H3. The minimum atomic E-state index is -0.00541. The number of hydrogen-bond donors (Lipinski definition) is 2. The van der Waals surface area contributed by atoms with Gasteiger partial charge < -0.3 is 9.47 Å². The van der Waals surface area contributed by atoms with E-state index < -0.39 is 0 Å². The second kappa shape index (κ2) is 7.70. The fourth-order valence-corrected chi connectivity index (χ4v) is 1.91. The number of nitrogens with two attached hydrogens (primary N) is 1. The van der Waals surface area contributed by atoms with Gasteiger partial charge in [-0.1, -0.05) is 11.6 Å². The van der Waals surface area contributed by atoms with E-state index in [-0.39, 0.29) is 6.04 Å². The Morgan fingerprint density at radius 2 is 2.22 bits per heavy atom. The Morgan fingerprint density at radius 3 is 2.72 bits per heavy atom. The Hall–Kier alpha value is -0.660. The summed E-state index contributed by atoms with van der Waals surface area (Å²) in [6.07, 6.45) is 0.666. The summed E-state index contributed by atoms with van der Waals surface area (Å²) in [7, 11) is 3.51. The average molecular weight is 277 g/mol. The van der Waals surface area contributed by atoms with Crippen LogP contribution >= 0.6 is 11.6 Å². The van der Waals surface area contributed by atoms with E-state index in [0.717, 1.165) is 11.4 Å². The highest BCUT2D eigenvalue weighted by Gasteiger charge is 2.16. The maximum absolute atomic E-state index is 6.19. The van der Waals surface area contributed by atoms with Gasteiger partial charge in [-0.25, -0.2) is 0 Å². The third-order valence-corrected chi connectivity index (χ3v) is 3.18.